The minimum Gasteiger partial charge on any atom is -0.450 e. The highest BCUT2D eigenvalue weighted by molar-refractivity contribution is 5.68. The van der Waals surface area contributed by atoms with Gasteiger partial charge in [-0.1, -0.05) is 30.3 Å². The SMILES string of the molecule is CCOC(=O)N1CCN(c2cc(NC(C)C)nc(-c3ccccc3)n2)CC1. The molecule has 1 aliphatic heterocycles. The molecule has 0 aliphatic carbocycles. The van der Waals surface area contributed by atoms with Crippen LogP contribution in [-0.4, -0.2) is 59.8 Å². The molecule has 144 valence electrons. The van der Waals surface area contributed by atoms with Gasteiger partial charge in [0.1, 0.15) is 11.6 Å². The van der Waals surface area contributed by atoms with Crippen LogP contribution in [0.1, 0.15) is 20.8 Å². The number of piperazine rings is 1. The Bertz CT molecular complexity index is 758. The molecule has 2 aromatic rings. The van der Waals surface area contributed by atoms with Crippen LogP contribution in [0.4, 0.5) is 16.4 Å². The molecule has 1 fully saturated rings. The number of hydrogen-bond donors (Lipinski definition) is 1. The van der Waals surface area contributed by atoms with E-state index in [1.54, 1.807) is 4.90 Å². The van der Waals surface area contributed by atoms with Gasteiger partial charge in [-0.3, -0.25) is 0 Å². The van der Waals surface area contributed by atoms with E-state index >= 15 is 0 Å². The Balaban J connectivity index is 1.81. The fraction of sp³-hybridized carbons (Fsp3) is 0.450. The van der Waals surface area contributed by atoms with Gasteiger partial charge in [-0.15, -0.1) is 0 Å². The maximum Gasteiger partial charge on any atom is 0.409 e. The monoisotopic (exact) mass is 369 g/mol. The van der Waals surface area contributed by atoms with Crippen LogP contribution in [0.15, 0.2) is 36.4 Å². The van der Waals surface area contributed by atoms with Crippen molar-refractivity contribution in [2.75, 3.05) is 43.0 Å². The molecule has 0 unspecified atom stereocenters. The molecule has 0 bridgehead atoms. The molecule has 1 saturated heterocycles. The van der Waals surface area contributed by atoms with Gasteiger partial charge in [0.15, 0.2) is 5.82 Å². The average molecular weight is 369 g/mol. The first-order chi connectivity index (χ1) is 13.1. The van der Waals surface area contributed by atoms with Crippen molar-refractivity contribution in [3.8, 4) is 11.4 Å². The van der Waals surface area contributed by atoms with Crippen molar-refractivity contribution in [2.45, 2.75) is 26.8 Å². The second-order valence-corrected chi connectivity index (χ2v) is 6.77. The molecule has 27 heavy (non-hydrogen) atoms. The highest BCUT2D eigenvalue weighted by Crippen LogP contribution is 2.24. The highest BCUT2D eigenvalue weighted by Gasteiger charge is 2.23. The summed E-state index contributed by atoms with van der Waals surface area (Å²) in [5.74, 6) is 2.38. The van der Waals surface area contributed by atoms with Crippen LogP contribution in [0, 0.1) is 0 Å². The van der Waals surface area contributed by atoms with Crippen LogP contribution in [0.25, 0.3) is 11.4 Å². The molecule has 1 aromatic heterocycles. The standard InChI is InChI=1S/C20H27N5O2/c1-4-27-20(26)25-12-10-24(11-13-25)18-14-17(21-15(2)3)22-19(23-18)16-8-6-5-7-9-16/h5-9,14-15H,4,10-13H2,1-3H3,(H,21,22,23). The summed E-state index contributed by atoms with van der Waals surface area (Å²) in [5, 5.41) is 3.38. The van der Waals surface area contributed by atoms with E-state index < -0.39 is 0 Å². The highest BCUT2D eigenvalue weighted by atomic mass is 16.6. The van der Waals surface area contributed by atoms with Crippen LogP contribution in [0.3, 0.4) is 0 Å². The molecular formula is C20H27N5O2. The summed E-state index contributed by atoms with van der Waals surface area (Å²) < 4.78 is 5.09. The van der Waals surface area contributed by atoms with Crippen molar-refractivity contribution in [3.63, 3.8) is 0 Å². The Kier molecular flexibility index (Phi) is 6.11. The van der Waals surface area contributed by atoms with Gasteiger partial charge < -0.3 is 19.9 Å². The minimum atomic E-state index is -0.244. The molecule has 3 rings (SSSR count). The predicted molar refractivity (Wildman–Crippen MR) is 107 cm³/mol. The molecule has 1 aliphatic rings. The summed E-state index contributed by atoms with van der Waals surface area (Å²) in [4.78, 5) is 25.3. The molecule has 0 saturated carbocycles. The van der Waals surface area contributed by atoms with Crippen molar-refractivity contribution in [1.82, 2.24) is 14.9 Å². The Labute approximate surface area is 160 Å². The number of aromatic nitrogens is 2. The number of carbonyl (C=O) groups excluding carboxylic acids is 1. The molecule has 0 radical (unpaired) electrons. The van der Waals surface area contributed by atoms with Gasteiger partial charge in [0.25, 0.3) is 0 Å². The van der Waals surface area contributed by atoms with Crippen molar-refractivity contribution in [2.24, 2.45) is 0 Å². The molecular weight excluding hydrogens is 342 g/mol. The number of rotatable bonds is 5. The van der Waals surface area contributed by atoms with Crippen molar-refractivity contribution >= 4 is 17.7 Å². The molecule has 1 N–H and O–H groups in total. The number of carbonyl (C=O) groups is 1. The zero-order valence-corrected chi connectivity index (χ0v) is 16.2. The van der Waals surface area contributed by atoms with Crippen LogP contribution in [0.5, 0.6) is 0 Å². The zero-order chi connectivity index (χ0) is 19.2. The zero-order valence-electron chi connectivity index (χ0n) is 16.2. The summed E-state index contributed by atoms with van der Waals surface area (Å²) in [6.07, 6.45) is -0.244. The van der Waals surface area contributed by atoms with E-state index in [4.69, 9.17) is 9.72 Å². The molecule has 2 heterocycles. The van der Waals surface area contributed by atoms with Gasteiger partial charge in [-0.2, -0.15) is 0 Å². The van der Waals surface area contributed by atoms with Crippen LogP contribution < -0.4 is 10.2 Å². The molecule has 7 nitrogen and oxygen atoms in total. The van der Waals surface area contributed by atoms with Gasteiger partial charge >= 0.3 is 6.09 Å². The van der Waals surface area contributed by atoms with Gasteiger partial charge in [0, 0.05) is 43.9 Å². The summed E-state index contributed by atoms with van der Waals surface area (Å²) in [7, 11) is 0. The van der Waals surface area contributed by atoms with E-state index in [0.717, 1.165) is 17.2 Å². The third-order valence-electron chi connectivity index (χ3n) is 4.31. The lowest BCUT2D eigenvalue weighted by Gasteiger charge is -2.35. The quantitative estimate of drug-likeness (QED) is 0.872. The Morgan fingerprint density at radius 3 is 2.48 bits per heavy atom. The molecule has 0 spiro atoms. The van der Waals surface area contributed by atoms with E-state index in [-0.39, 0.29) is 12.1 Å². The minimum absolute atomic E-state index is 0.244. The van der Waals surface area contributed by atoms with Gasteiger partial charge in [0.2, 0.25) is 0 Å². The number of nitrogens with zero attached hydrogens (tertiary/aromatic N) is 4. The maximum atomic E-state index is 11.9. The predicted octanol–water partition coefficient (Wildman–Crippen LogP) is 3.24. The third kappa shape index (κ3) is 4.87. The maximum absolute atomic E-state index is 11.9. The van der Waals surface area contributed by atoms with Crippen LogP contribution in [0.2, 0.25) is 0 Å². The van der Waals surface area contributed by atoms with Crippen LogP contribution in [-0.2, 0) is 4.74 Å². The summed E-state index contributed by atoms with van der Waals surface area (Å²) in [6, 6.07) is 12.2. The van der Waals surface area contributed by atoms with E-state index in [0.29, 0.717) is 38.6 Å². The Morgan fingerprint density at radius 2 is 1.85 bits per heavy atom. The first-order valence-corrected chi connectivity index (χ1v) is 9.44. The van der Waals surface area contributed by atoms with E-state index in [2.05, 4.69) is 29.0 Å². The van der Waals surface area contributed by atoms with Gasteiger partial charge in [-0.05, 0) is 20.8 Å². The number of anilines is 2. The molecule has 7 heteroatoms. The Hall–Kier alpha value is -2.83. The topological polar surface area (TPSA) is 70.6 Å². The smallest absolute Gasteiger partial charge is 0.409 e. The number of ether oxygens (including phenoxy) is 1. The first kappa shape index (κ1) is 18.9. The lowest BCUT2D eigenvalue weighted by Crippen LogP contribution is -2.49. The van der Waals surface area contributed by atoms with Crippen molar-refractivity contribution < 1.29 is 9.53 Å². The fourth-order valence-electron chi connectivity index (χ4n) is 3.02. The lowest BCUT2D eigenvalue weighted by atomic mass is 10.2. The van der Waals surface area contributed by atoms with Crippen molar-refractivity contribution in [3.05, 3.63) is 36.4 Å². The van der Waals surface area contributed by atoms with E-state index in [9.17, 15) is 4.79 Å². The number of amides is 1. The largest absolute Gasteiger partial charge is 0.450 e. The Morgan fingerprint density at radius 1 is 1.15 bits per heavy atom. The second-order valence-electron chi connectivity index (χ2n) is 6.77. The summed E-state index contributed by atoms with van der Waals surface area (Å²) in [6.45, 7) is 9.06. The van der Waals surface area contributed by atoms with E-state index in [1.165, 1.54) is 0 Å². The summed E-state index contributed by atoms with van der Waals surface area (Å²) >= 11 is 0. The van der Waals surface area contributed by atoms with Crippen molar-refractivity contribution in [1.29, 1.82) is 0 Å². The average Bonchev–Trinajstić information content (AvgIpc) is 2.68. The third-order valence-corrected chi connectivity index (χ3v) is 4.31. The second kappa shape index (κ2) is 8.70. The number of nitrogens with one attached hydrogen (secondary N) is 1. The first-order valence-electron chi connectivity index (χ1n) is 9.44. The lowest BCUT2D eigenvalue weighted by molar-refractivity contribution is 0.105. The normalized spacial score (nSPS) is 14.4. The van der Waals surface area contributed by atoms with Crippen LogP contribution >= 0.6 is 0 Å². The number of benzene rings is 1. The van der Waals surface area contributed by atoms with Gasteiger partial charge in [-0.25, -0.2) is 14.8 Å². The summed E-state index contributed by atoms with van der Waals surface area (Å²) in [5.41, 5.74) is 0.983. The number of hydrogen-bond acceptors (Lipinski definition) is 6. The molecule has 1 amide bonds. The van der Waals surface area contributed by atoms with E-state index in [1.807, 2.05) is 43.3 Å². The molecule has 0 atom stereocenters. The van der Waals surface area contributed by atoms with Gasteiger partial charge in [0.05, 0.1) is 6.61 Å². The molecule has 1 aromatic carbocycles. The fourth-order valence-corrected chi connectivity index (χ4v) is 3.02.